The average Bonchev–Trinajstić information content (AvgIpc) is 3.37. The number of nitrogens with two attached hydrogens (primary N) is 1. The zero-order chi connectivity index (χ0) is 19.8. The fourth-order valence-electron chi connectivity index (χ4n) is 3.42. The highest BCUT2D eigenvalue weighted by molar-refractivity contribution is 6.28. The third-order valence-electron chi connectivity index (χ3n) is 4.76. The van der Waals surface area contributed by atoms with Crippen LogP contribution >= 0.6 is 11.6 Å². The zero-order valence-corrected chi connectivity index (χ0v) is 16.0. The second-order valence-electron chi connectivity index (χ2n) is 6.69. The van der Waals surface area contributed by atoms with Crippen LogP contribution in [0.25, 0.3) is 23.0 Å². The Labute approximate surface area is 171 Å². The van der Waals surface area contributed by atoms with Crippen LogP contribution in [0, 0.1) is 0 Å². The molecular formula is C21H16ClN7. The van der Waals surface area contributed by atoms with Gasteiger partial charge in [0.05, 0.1) is 0 Å². The maximum atomic E-state index is 5.82. The van der Waals surface area contributed by atoms with Crippen molar-refractivity contribution in [2.45, 2.75) is 6.42 Å². The molecule has 0 fully saturated rings. The minimum atomic E-state index is 0.0550. The predicted molar refractivity (Wildman–Crippen MR) is 115 cm³/mol. The molecular weight excluding hydrogens is 386 g/mol. The minimum absolute atomic E-state index is 0.0550. The largest absolute Gasteiger partial charge is 0.368 e. The van der Waals surface area contributed by atoms with Crippen molar-refractivity contribution in [1.29, 1.82) is 0 Å². The van der Waals surface area contributed by atoms with Gasteiger partial charge in [-0.3, -0.25) is 0 Å². The Morgan fingerprint density at radius 1 is 1.00 bits per heavy atom. The molecule has 5 rings (SSSR count). The third kappa shape index (κ3) is 3.55. The molecule has 0 radical (unpaired) electrons. The van der Waals surface area contributed by atoms with Crippen LogP contribution in [0.5, 0.6) is 0 Å². The first-order valence-corrected chi connectivity index (χ1v) is 9.39. The lowest BCUT2D eigenvalue weighted by Gasteiger charge is -2.07. The lowest BCUT2D eigenvalue weighted by atomic mass is 10.0. The van der Waals surface area contributed by atoms with E-state index in [0.717, 1.165) is 23.5 Å². The predicted octanol–water partition coefficient (Wildman–Crippen LogP) is 4.34. The number of H-pyrrole nitrogens is 1. The quantitative estimate of drug-likeness (QED) is 0.469. The number of rotatable bonds is 4. The van der Waals surface area contributed by atoms with E-state index in [1.54, 1.807) is 6.20 Å². The summed E-state index contributed by atoms with van der Waals surface area (Å²) in [6, 6.07) is 14.5. The Balaban J connectivity index is 1.34. The second-order valence-corrected chi connectivity index (χ2v) is 7.02. The zero-order valence-electron chi connectivity index (χ0n) is 15.2. The number of aromatic nitrogens is 5. The lowest BCUT2D eigenvalue weighted by molar-refractivity contribution is 1.07. The molecule has 0 bridgehead atoms. The Hall–Kier alpha value is -3.71. The molecule has 4 aromatic rings. The topological polar surface area (TPSA) is 105 Å². The van der Waals surface area contributed by atoms with Crippen molar-refractivity contribution in [3.63, 3.8) is 0 Å². The van der Waals surface area contributed by atoms with Crippen molar-refractivity contribution in [3.8, 4) is 11.4 Å². The summed E-state index contributed by atoms with van der Waals surface area (Å²) in [6.45, 7) is 0. The van der Waals surface area contributed by atoms with Gasteiger partial charge in [-0.2, -0.15) is 15.0 Å². The van der Waals surface area contributed by atoms with Gasteiger partial charge in [0, 0.05) is 23.6 Å². The molecule has 7 nitrogen and oxygen atoms in total. The number of benzene rings is 2. The lowest BCUT2D eigenvalue weighted by Crippen LogP contribution is -2.03. The van der Waals surface area contributed by atoms with E-state index in [-0.39, 0.29) is 11.2 Å². The van der Waals surface area contributed by atoms with Gasteiger partial charge in [0.15, 0.2) is 0 Å². The van der Waals surface area contributed by atoms with Gasteiger partial charge < -0.3 is 16.0 Å². The number of halogens is 1. The number of hydrogen-bond acceptors (Lipinski definition) is 6. The molecule has 0 amide bonds. The molecule has 142 valence electrons. The summed E-state index contributed by atoms with van der Waals surface area (Å²) in [4.78, 5) is 19.3. The monoisotopic (exact) mass is 401 g/mol. The van der Waals surface area contributed by atoms with E-state index in [1.165, 1.54) is 22.3 Å². The van der Waals surface area contributed by atoms with Gasteiger partial charge in [0.1, 0.15) is 5.82 Å². The standard InChI is InChI=1S/C21H16ClN7/c22-19-27-20(23)29-21(28-19)26-17-5-3-12(4-6-17)15-9-13-1-2-14(10-16(13)11-15)18-24-7-8-25-18/h1-10H,11H2,(H,24,25)(H3,23,26,27,28,29). The van der Waals surface area contributed by atoms with Crippen LogP contribution in [0.1, 0.15) is 16.7 Å². The van der Waals surface area contributed by atoms with Gasteiger partial charge in [-0.25, -0.2) is 4.98 Å². The number of hydrogen-bond donors (Lipinski definition) is 3. The maximum Gasteiger partial charge on any atom is 0.233 e. The molecule has 29 heavy (non-hydrogen) atoms. The van der Waals surface area contributed by atoms with Crippen molar-refractivity contribution < 1.29 is 0 Å². The molecule has 0 saturated carbocycles. The number of imidazole rings is 1. The van der Waals surface area contributed by atoms with Gasteiger partial charge in [-0.15, -0.1) is 0 Å². The molecule has 0 aliphatic heterocycles. The molecule has 2 aromatic heterocycles. The highest BCUT2D eigenvalue weighted by Gasteiger charge is 2.15. The number of allylic oxidation sites excluding steroid dienone is 1. The summed E-state index contributed by atoms with van der Waals surface area (Å²) in [5.74, 6) is 1.27. The summed E-state index contributed by atoms with van der Waals surface area (Å²) >= 11 is 5.82. The van der Waals surface area contributed by atoms with Crippen LogP contribution in [-0.2, 0) is 6.42 Å². The first kappa shape index (κ1) is 17.4. The molecule has 0 saturated heterocycles. The minimum Gasteiger partial charge on any atom is -0.368 e. The first-order valence-electron chi connectivity index (χ1n) is 9.02. The van der Waals surface area contributed by atoms with Gasteiger partial charge >= 0.3 is 0 Å². The normalized spacial score (nSPS) is 12.5. The van der Waals surface area contributed by atoms with E-state index in [1.807, 2.05) is 18.3 Å². The molecule has 1 aliphatic carbocycles. The summed E-state index contributed by atoms with van der Waals surface area (Å²) in [6.07, 6.45) is 6.72. The van der Waals surface area contributed by atoms with Crippen LogP contribution in [0.2, 0.25) is 5.28 Å². The van der Waals surface area contributed by atoms with E-state index in [2.05, 4.69) is 66.6 Å². The summed E-state index contributed by atoms with van der Waals surface area (Å²) < 4.78 is 0. The third-order valence-corrected chi connectivity index (χ3v) is 4.93. The molecule has 0 atom stereocenters. The molecule has 1 aliphatic rings. The molecule has 0 spiro atoms. The van der Waals surface area contributed by atoms with Crippen LogP contribution < -0.4 is 11.1 Å². The van der Waals surface area contributed by atoms with E-state index >= 15 is 0 Å². The number of nitrogen functional groups attached to an aromatic ring is 1. The Morgan fingerprint density at radius 2 is 1.83 bits per heavy atom. The van der Waals surface area contributed by atoms with Crippen molar-refractivity contribution in [3.05, 3.63) is 76.8 Å². The number of aromatic amines is 1. The Kier molecular flexibility index (Phi) is 4.22. The molecule has 2 heterocycles. The number of nitrogens with one attached hydrogen (secondary N) is 2. The number of anilines is 3. The second kappa shape index (κ2) is 7.03. The highest BCUT2D eigenvalue weighted by atomic mass is 35.5. The van der Waals surface area contributed by atoms with E-state index in [4.69, 9.17) is 17.3 Å². The van der Waals surface area contributed by atoms with Gasteiger partial charge in [-0.05, 0) is 58.5 Å². The Bertz CT molecular complexity index is 1190. The summed E-state index contributed by atoms with van der Waals surface area (Å²) in [7, 11) is 0. The fraction of sp³-hybridized carbons (Fsp3) is 0.0476. The van der Waals surface area contributed by atoms with Crippen LogP contribution in [0.3, 0.4) is 0 Å². The average molecular weight is 402 g/mol. The smallest absolute Gasteiger partial charge is 0.233 e. The van der Waals surface area contributed by atoms with Crippen LogP contribution in [0.4, 0.5) is 17.6 Å². The first-order chi connectivity index (χ1) is 14.1. The van der Waals surface area contributed by atoms with E-state index < -0.39 is 0 Å². The van der Waals surface area contributed by atoms with Crippen molar-refractivity contribution in [2.24, 2.45) is 0 Å². The van der Waals surface area contributed by atoms with Crippen LogP contribution in [-0.4, -0.2) is 24.9 Å². The SMILES string of the molecule is Nc1nc(Cl)nc(Nc2ccc(C3=Cc4ccc(-c5ncc[nH]5)cc4C3)cc2)n1. The molecule has 2 aromatic carbocycles. The number of fused-ring (bicyclic) bond motifs is 1. The molecule has 4 N–H and O–H groups in total. The maximum absolute atomic E-state index is 5.82. The fourth-order valence-corrected chi connectivity index (χ4v) is 3.58. The van der Waals surface area contributed by atoms with Gasteiger partial charge in [0.2, 0.25) is 17.2 Å². The molecule has 8 heteroatoms. The Morgan fingerprint density at radius 3 is 2.59 bits per heavy atom. The van der Waals surface area contributed by atoms with Crippen molar-refractivity contribution in [1.82, 2.24) is 24.9 Å². The van der Waals surface area contributed by atoms with Gasteiger partial charge in [-0.1, -0.05) is 30.3 Å². The van der Waals surface area contributed by atoms with Gasteiger partial charge in [0.25, 0.3) is 0 Å². The van der Waals surface area contributed by atoms with Crippen molar-refractivity contribution in [2.75, 3.05) is 11.1 Å². The summed E-state index contributed by atoms with van der Waals surface area (Å²) in [5, 5.41) is 3.14. The van der Waals surface area contributed by atoms with Crippen molar-refractivity contribution >= 4 is 40.8 Å². The van der Waals surface area contributed by atoms with Crippen LogP contribution in [0.15, 0.2) is 54.9 Å². The number of nitrogens with zero attached hydrogens (tertiary/aromatic N) is 4. The van der Waals surface area contributed by atoms with E-state index in [0.29, 0.717) is 5.95 Å². The van der Waals surface area contributed by atoms with E-state index in [9.17, 15) is 0 Å². The molecule has 0 unspecified atom stereocenters. The highest BCUT2D eigenvalue weighted by Crippen LogP contribution is 2.34. The summed E-state index contributed by atoms with van der Waals surface area (Å²) in [5.41, 5.74) is 12.5.